The Bertz CT molecular complexity index is 390. The summed E-state index contributed by atoms with van der Waals surface area (Å²) in [6.45, 7) is 5.75. The van der Waals surface area contributed by atoms with Gasteiger partial charge in [-0.05, 0) is 67.2 Å². The van der Waals surface area contributed by atoms with Crippen molar-refractivity contribution >= 4 is 33.5 Å². The molecule has 0 radical (unpaired) electrons. The molecule has 0 N–H and O–H groups in total. The lowest BCUT2D eigenvalue weighted by atomic mass is 10.2. The summed E-state index contributed by atoms with van der Waals surface area (Å²) >= 11 is 2.18. The number of rotatable bonds is 4. The lowest BCUT2D eigenvalue weighted by Crippen LogP contribution is -2.25. The number of halogens is 1. The first-order valence-corrected chi connectivity index (χ1v) is 7.34. The maximum atomic E-state index is 11.6. The molecule has 1 aromatic heterocycles. The SMILES string of the molecule is CC(C)(C)[S+]([O-])N=CCCc1ccnc(Br)c1. The highest BCUT2D eigenvalue weighted by molar-refractivity contribution is 9.10. The van der Waals surface area contributed by atoms with Crippen LogP contribution in [0.3, 0.4) is 0 Å². The van der Waals surface area contributed by atoms with Crippen LogP contribution < -0.4 is 0 Å². The van der Waals surface area contributed by atoms with Gasteiger partial charge in [0.2, 0.25) is 0 Å². The van der Waals surface area contributed by atoms with Crippen LogP contribution in [0.2, 0.25) is 0 Å². The molecule has 0 fully saturated rings. The third kappa shape index (κ3) is 5.66. The maximum absolute atomic E-state index is 11.6. The molecule has 94 valence electrons. The van der Waals surface area contributed by atoms with Gasteiger partial charge in [0.25, 0.3) is 0 Å². The molecule has 0 aliphatic heterocycles. The van der Waals surface area contributed by atoms with Gasteiger partial charge in [-0.1, -0.05) is 4.40 Å². The van der Waals surface area contributed by atoms with E-state index in [2.05, 4.69) is 25.3 Å². The Morgan fingerprint density at radius 3 is 2.82 bits per heavy atom. The van der Waals surface area contributed by atoms with Gasteiger partial charge in [-0.25, -0.2) is 4.98 Å². The van der Waals surface area contributed by atoms with Gasteiger partial charge in [0, 0.05) is 6.20 Å². The van der Waals surface area contributed by atoms with Crippen molar-refractivity contribution in [2.75, 3.05) is 0 Å². The van der Waals surface area contributed by atoms with Crippen molar-refractivity contribution in [2.24, 2.45) is 4.40 Å². The minimum absolute atomic E-state index is 0.282. The molecule has 0 saturated carbocycles. The largest absolute Gasteiger partial charge is 0.591 e. The first kappa shape index (κ1) is 14.7. The molecule has 0 aliphatic rings. The van der Waals surface area contributed by atoms with Crippen LogP contribution in [0, 0.1) is 0 Å². The maximum Gasteiger partial charge on any atom is 0.144 e. The average molecular weight is 317 g/mol. The van der Waals surface area contributed by atoms with Crippen molar-refractivity contribution in [3.05, 3.63) is 28.5 Å². The molecule has 0 amide bonds. The Balaban J connectivity index is 2.40. The molecule has 3 nitrogen and oxygen atoms in total. The van der Waals surface area contributed by atoms with Gasteiger partial charge in [0.1, 0.15) is 20.7 Å². The van der Waals surface area contributed by atoms with Gasteiger partial charge in [0.15, 0.2) is 0 Å². The smallest absolute Gasteiger partial charge is 0.144 e. The standard InChI is InChI=1S/C12H17BrN2OS/c1-12(2,3)17(16)15-7-4-5-10-6-8-14-11(13)9-10/h6-9H,4-5H2,1-3H3. The van der Waals surface area contributed by atoms with Gasteiger partial charge in [0.05, 0.1) is 6.21 Å². The van der Waals surface area contributed by atoms with Crippen LogP contribution in [0.15, 0.2) is 27.3 Å². The van der Waals surface area contributed by atoms with E-state index < -0.39 is 11.4 Å². The first-order valence-electron chi connectivity index (χ1n) is 5.44. The topological polar surface area (TPSA) is 48.3 Å². The second kappa shape index (κ2) is 6.52. The van der Waals surface area contributed by atoms with Crippen LogP contribution in [0.5, 0.6) is 0 Å². The van der Waals surface area contributed by atoms with Crippen LogP contribution in [-0.2, 0) is 17.8 Å². The van der Waals surface area contributed by atoms with Gasteiger partial charge in [-0.15, -0.1) is 0 Å². The lowest BCUT2D eigenvalue weighted by molar-refractivity contribution is 0.561. The second-order valence-electron chi connectivity index (χ2n) is 4.68. The fourth-order valence-corrected chi connectivity index (χ4v) is 2.08. The monoisotopic (exact) mass is 316 g/mol. The van der Waals surface area contributed by atoms with E-state index in [0.717, 1.165) is 17.4 Å². The zero-order valence-electron chi connectivity index (χ0n) is 10.3. The van der Waals surface area contributed by atoms with Crippen LogP contribution in [-0.4, -0.2) is 20.5 Å². The van der Waals surface area contributed by atoms with Gasteiger partial charge < -0.3 is 4.55 Å². The molecule has 1 unspecified atom stereocenters. The van der Waals surface area contributed by atoms with Crippen LogP contribution >= 0.6 is 15.9 Å². The van der Waals surface area contributed by atoms with E-state index in [-0.39, 0.29) is 4.75 Å². The van der Waals surface area contributed by atoms with Crippen molar-refractivity contribution in [1.82, 2.24) is 4.98 Å². The molecule has 17 heavy (non-hydrogen) atoms. The normalized spacial score (nSPS) is 14.2. The van der Waals surface area contributed by atoms with Crippen molar-refractivity contribution in [2.45, 2.75) is 38.4 Å². The summed E-state index contributed by atoms with van der Waals surface area (Å²) in [5.74, 6) is 0. The number of hydrogen-bond donors (Lipinski definition) is 0. The predicted octanol–water partition coefficient (Wildman–Crippen LogP) is 3.31. The van der Waals surface area contributed by atoms with E-state index >= 15 is 0 Å². The fourth-order valence-electron chi connectivity index (χ4n) is 1.11. The molecule has 1 atom stereocenters. The Kier molecular flexibility index (Phi) is 5.62. The summed E-state index contributed by atoms with van der Waals surface area (Å²) in [6.07, 6.45) is 5.18. The Labute approximate surface area is 114 Å². The summed E-state index contributed by atoms with van der Waals surface area (Å²) in [5.41, 5.74) is 1.19. The number of hydrogen-bond acceptors (Lipinski definition) is 3. The van der Waals surface area contributed by atoms with Gasteiger partial charge >= 0.3 is 0 Å². The number of pyridine rings is 1. The minimum atomic E-state index is -1.15. The van der Waals surface area contributed by atoms with Gasteiger partial charge in [-0.2, -0.15) is 0 Å². The highest BCUT2D eigenvalue weighted by Gasteiger charge is 2.25. The van der Waals surface area contributed by atoms with Crippen LogP contribution in [0.1, 0.15) is 32.8 Å². The molecule has 0 saturated heterocycles. The molecule has 0 spiro atoms. The molecule has 0 aliphatic carbocycles. The first-order chi connectivity index (χ1) is 7.89. The zero-order chi connectivity index (χ0) is 12.9. The van der Waals surface area contributed by atoms with E-state index in [4.69, 9.17) is 0 Å². The highest BCUT2D eigenvalue weighted by atomic mass is 79.9. The second-order valence-corrected chi connectivity index (χ2v) is 7.42. The molecule has 5 heteroatoms. The number of nitrogens with zero attached hydrogens (tertiary/aromatic N) is 2. The molecular weight excluding hydrogens is 300 g/mol. The van der Waals surface area contributed by atoms with Crippen molar-refractivity contribution < 1.29 is 4.55 Å². The van der Waals surface area contributed by atoms with Crippen molar-refractivity contribution in [3.8, 4) is 0 Å². The molecule has 1 heterocycles. The van der Waals surface area contributed by atoms with E-state index in [1.54, 1.807) is 12.4 Å². The van der Waals surface area contributed by atoms with Crippen molar-refractivity contribution in [1.29, 1.82) is 0 Å². The van der Waals surface area contributed by atoms with Gasteiger partial charge in [-0.3, -0.25) is 0 Å². The van der Waals surface area contributed by atoms with Crippen LogP contribution in [0.4, 0.5) is 0 Å². The Morgan fingerprint density at radius 1 is 1.53 bits per heavy atom. The summed E-state index contributed by atoms with van der Waals surface area (Å²) in [6, 6.07) is 3.95. The molecule has 0 aromatic carbocycles. The van der Waals surface area contributed by atoms with E-state index in [1.165, 1.54) is 5.56 Å². The predicted molar refractivity (Wildman–Crippen MR) is 76.6 cm³/mol. The third-order valence-electron chi connectivity index (χ3n) is 2.05. The summed E-state index contributed by atoms with van der Waals surface area (Å²) in [7, 11) is 0. The number of aromatic nitrogens is 1. The number of aryl methyl sites for hydroxylation is 1. The van der Waals surface area contributed by atoms with Crippen LogP contribution in [0.25, 0.3) is 0 Å². The molecular formula is C12H17BrN2OS. The highest BCUT2D eigenvalue weighted by Crippen LogP contribution is 2.16. The summed E-state index contributed by atoms with van der Waals surface area (Å²) < 4.78 is 16.2. The molecule has 1 aromatic rings. The third-order valence-corrected chi connectivity index (χ3v) is 3.87. The van der Waals surface area contributed by atoms with E-state index in [1.807, 2.05) is 32.9 Å². The zero-order valence-corrected chi connectivity index (χ0v) is 12.7. The Hall–Kier alpha value is -0.390. The summed E-state index contributed by atoms with van der Waals surface area (Å²) in [4.78, 5) is 4.06. The van der Waals surface area contributed by atoms with Crippen molar-refractivity contribution in [3.63, 3.8) is 0 Å². The Morgan fingerprint density at radius 2 is 2.24 bits per heavy atom. The average Bonchev–Trinajstić information content (AvgIpc) is 2.23. The lowest BCUT2D eigenvalue weighted by Gasteiger charge is -2.17. The molecule has 0 bridgehead atoms. The van der Waals surface area contributed by atoms with E-state index in [9.17, 15) is 4.55 Å². The minimum Gasteiger partial charge on any atom is -0.591 e. The summed E-state index contributed by atoms with van der Waals surface area (Å²) in [5, 5.41) is 0. The molecule has 1 rings (SSSR count). The fraction of sp³-hybridized carbons (Fsp3) is 0.500. The quantitative estimate of drug-likeness (QED) is 0.486. The van der Waals surface area contributed by atoms with E-state index in [0.29, 0.717) is 0 Å².